The van der Waals surface area contributed by atoms with Crippen molar-refractivity contribution in [2.45, 2.75) is 83.3 Å². The van der Waals surface area contributed by atoms with Crippen molar-refractivity contribution >= 4 is 27.0 Å². The molecule has 0 saturated heterocycles. The maximum atomic E-state index is 11.4. The lowest BCUT2D eigenvalue weighted by Crippen LogP contribution is -2.68. The maximum Gasteiger partial charge on any atom is 0.261 e. The second-order valence-corrected chi connectivity index (χ2v) is 20.8. The van der Waals surface area contributed by atoms with E-state index in [2.05, 4.69) is 88.9 Å². The summed E-state index contributed by atoms with van der Waals surface area (Å²) in [6.07, 6.45) is -0.979. The third-order valence-electron chi connectivity index (χ3n) is 7.17. The van der Waals surface area contributed by atoms with Gasteiger partial charge in [-0.2, -0.15) is 0 Å². The Morgan fingerprint density at radius 2 is 1.37 bits per heavy atom. The number of aliphatic hydroxyl groups is 1. The smallest absolute Gasteiger partial charge is 0.261 e. The molecule has 35 heavy (non-hydrogen) atoms. The van der Waals surface area contributed by atoms with E-state index in [1.807, 2.05) is 36.4 Å². The zero-order valence-corrected chi connectivity index (χ0v) is 24.7. The van der Waals surface area contributed by atoms with Crippen molar-refractivity contribution in [3.05, 3.63) is 71.1 Å². The zero-order valence-electron chi connectivity index (χ0n) is 22.7. The standard InChI is InChI=1S/C27H43N3O3Si2/c1-26(2,3)34(7,8)32-21-24(31)25(19-20-29-30-28)33-35(27(4,5)6,22-15-11-9-12-16-22)23-17-13-10-14-18-23/h9-18,24-25,31H,19-21H2,1-8H3/t24-,25+/m1/s1. The first-order chi connectivity index (χ1) is 16.3. The molecule has 0 aliphatic carbocycles. The molecule has 0 aliphatic heterocycles. The molecular weight excluding hydrogens is 470 g/mol. The van der Waals surface area contributed by atoms with Gasteiger partial charge in [0.1, 0.15) is 6.10 Å². The molecule has 0 fully saturated rings. The van der Waals surface area contributed by atoms with Gasteiger partial charge in [-0.25, -0.2) is 0 Å². The molecule has 192 valence electrons. The number of hydrogen-bond donors (Lipinski definition) is 1. The Labute approximate surface area is 213 Å². The predicted octanol–water partition coefficient (Wildman–Crippen LogP) is 6.01. The van der Waals surface area contributed by atoms with E-state index in [1.165, 1.54) is 0 Å². The van der Waals surface area contributed by atoms with Crippen LogP contribution in [-0.4, -0.2) is 47.1 Å². The maximum absolute atomic E-state index is 11.4. The van der Waals surface area contributed by atoms with Gasteiger partial charge in [0.15, 0.2) is 8.32 Å². The van der Waals surface area contributed by atoms with Crippen LogP contribution in [0.3, 0.4) is 0 Å². The SMILES string of the molecule is CC(C)(C)[Si](C)(C)OC[C@@H](O)[C@H](CCN=[N+]=[N-])O[Si](c1ccccc1)(c1ccccc1)C(C)(C)C. The van der Waals surface area contributed by atoms with Crippen LogP contribution in [0.4, 0.5) is 0 Å². The number of rotatable bonds is 11. The quantitative estimate of drug-likeness (QED) is 0.173. The van der Waals surface area contributed by atoms with Crippen LogP contribution in [0.15, 0.2) is 65.8 Å². The number of azide groups is 1. The minimum Gasteiger partial charge on any atom is -0.414 e. The van der Waals surface area contributed by atoms with Crippen molar-refractivity contribution in [3.8, 4) is 0 Å². The Balaban J connectivity index is 2.55. The van der Waals surface area contributed by atoms with Gasteiger partial charge < -0.3 is 14.0 Å². The molecule has 0 aliphatic rings. The highest BCUT2D eigenvalue weighted by Crippen LogP contribution is 2.39. The molecule has 0 aromatic heterocycles. The molecule has 0 saturated carbocycles. The second-order valence-electron chi connectivity index (χ2n) is 11.7. The number of hydrogen-bond acceptors (Lipinski definition) is 4. The van der Waals surface area contributed by atoms with Crippen LogP contribution in [0, 0.1) is 0 Å². The third kappa shape index (κ3) is 7.06. The van der Waals surface area contributed by atoms with Crippen molar-refractivity contribution in [1.29, 1.82) is 0 Å². The van der Waals surface area contributed by atoms with Crippen LogP contribution in [0.2, 0.25) is 23.2 Å². The molecule has 2 aromatic rings. The van der Waals surface area contributed by atoms with Crippen molar-refractivity contribution in [2.24, 2.45) is 5.11 Å². The first-order valence-corrected chi connectivity index (χ1v) is 17.2. The van der Waals surface area contributed by atoms with Crippen molar-refractivity contribution in [1.82, 2.24) is 0 Å². The number of benzene rings is 2. The Hall–Kier alpha value is -1.94. The van der Waals surface area contributed by atoms with Gasteiger partial charge in [0.2, 0.25) is 0 Å². The van der Waals surface area contributed by atoms with Crippen LogP contribution >= 0.6 is 0 Å². The minimum absolute atomic E-state index is 0.0339. The normalized spacial score (nSPS) is 14.8. The molecule has 0 amide bonds. The molecule has 0 spiro atoms. The molecule has 0 radical (unpaired) electrons. The van der Waals surface area contributed by atoms with Crippen molar-refractivity contribution in [2.75, 3.05) is 13.2 Å². The lowest BCUT2D eigenvalue weighted by Gasteiger charge is -2.46. The Morgan fingerprint density at radius 3 is 1.77 bits per heavy atom. The van der Waals surface area contributed by atoms with Gasteiger partial charge in [0, 0.05) is 11.5 Å². The van der Waals surface area contributed by atoms with E-state index in [1.54, 1.807) is 0 Å². The van der Waals surface area contributed by atoms with E-state index in [4.69, 9.17) is 14.4 Å². The highest BCUT2D eigenvalue weighted by atomic mass is 28.4. The lowest BCUT2D eigenvalue weighted by atomic mass is 10.1. The lowest BCUT2D eigenvalue weighted by molar-refractivity contribution is -0.00463. The summed E-state index contributed by atoms with van der Waals surface area (Å²) >= 11 is 0. The van der Waals surface area contributed by atoms with E-state index in [9.17, 15) is 5.11 Å². The summed E-state index contributed by atoms with van der Waals surface area (Å²) in [6, 6.07) is 20.7. The van der Waals surface area contributed by atoms with E-state index in [0.29, 0.717) is 6.42 Å². The highest BCUT2D eigenvalue weighted by molar-refractivity contribution is 6.99. The van der Waals surface area contributed by atoms with Gasteiger partial charge in [-0.3, -0.25) is 0 Å². The summed E-state index contributed by atoms with van der Waals surface area (Å²) in [5.41, 5.74) is 8.88. The van der Waals surface area contributed by atoms with Crippen LogP contribution in [-0.2, 0) is 8.85 Å². The van der Waals surface area contributed by atoms with Crippen molar-refractivity contribution in [3.63, 3.8) is 0 Å². The van der Waals surface area contributed by atoms with Crippen LogP contribution in [0.25, 0.3) is 10.4 Å². The van der Waals surface area contributed by atoms with Crippen LogP contribution < -0.4 is 10.4 Å². The predicted molar refractivity (Wildman–Crippen MR) is 150 cm³/mol. The summed E-state index contributed by atoms with van der Waals surface area (Å²) in [5, 5.41) is 17.3. The van der Waals surface area contributed by atoms with E-state index >= 15 is 0 Å². The fourth-order valence-corrected chi connectivity index (χ4v) is 9.86. The summed E-state index contributed by atoms with van der Waals surface area (Å²) < 4.78 is 13.6. The largest absolute Gasteiger partial charge is 0.414 e. The second kappa shape index (κ2) is 11.9. The summed E-state index contributed by atoms with van der Waals surface area (Å²) in [7, 11) is -4.95. The molecule has 1 N–H and O–H groups in total. The number of aliphatic hydroxyl groups excluding tert-OH is 1. The highest BCUT2D eigenvalue weighted by Gasteiger charge is 2.52. The number of nitrogens with zero attached hydrogens (tertiary/aromatic N) is 3. The van der Waals surface area contributed by atoms with Gasteiger partial charge in [0.05, 0.1) is 12.7 Å². The molecule has 0 bridgehead atoms. The topological polar surface area (TPSA) is 87.5 Å². The Kier molecular flexibility index (Phi) is 9.93. The summed E-state index contributed by atoms with van der Waals surface area (Å²) in [5.74, 6) is 0. The monoisotopic (exact) mass is 513 g/mol. The third-order valence-corrected chi connectivity index (χ3v) is 16.7. The summed E-state index contributed by atoms with van der Waals surface area (Å²) in [4.78, 5) is 2.92. The molecule has 0 unspecified atom stereocenters. The first-order valence-electron chi connectivity index (χ1n) is 12.4. The first kappa shape index (κ1) is 29.3. The Bertz CT molecular complexity index is 927. The van der Waals surface area contributed by atoms with Gasteiger partial charge in [-0.05, 0) is 45.5 Å². The molecule has 2 aromatic carbocycles. The molecule has 8 heteroatoms. The van der Waals surface area contributed by atoms with Gasteiger partial charge in [-0.1, -0.05) is 107 Å². The fraction of sp³-hybridized carbons (Fsp3) is 0.556. The minimum atomic E-state index is -2.89. The molecular formula is C27H43N3O3Si2. The van der Waals surface area contributed by atoms with Gasteiger partial charge >= 0.3 is 0 Å². The molecule has 2 atom stereocenters. The van der Waals surface area contributed by atoms with E-state index in [-0.39, 0.29) is 23.2 Å². The van der Waals surface area contributed by atoms with Crippen LogP contribution in [0.1, 0.15) is 48.0 Å². The average Bonchev–Trinajstić information content (AvgIpc) is 2.79. The Morgan fingerprint density at radius 1 is 0.886 bits per heavy atom. The van der Waals surface area contributed by atoms with E-state index in [0.717, 1.165) is 10.4 Å². The average molecular weight is 514 g/mol. The molecule has 0 heterocycles. The van der Waals surface area contributed by atoms with Crippen molar-refractivity contribution < 1.29 is 14.0 Å². The fourth-order valence-electron chi connectivity index (χ4n) is 4.10. The van der Waals surface area contributed by atoms with Crippen LogP contribution in [0.5, 0.6) is 0 Å². The van der Waals surface area contributed by atoms with E-state index < -0.39 is 28.8 Å². The van der Waals surface area contributed by atoms with Gasteiger partial charge in [0.25, 0.3) is 8.32 Å². The molecule has 2 rings (SSSR count). The van der Waals surface area contributed by atoms with Gasteiger partial charge in [-0.15, -0.1) is 0 Å². The molecule has 6 nitrogen and oxygen atoms in total. The summed E-state index contributed by atoms with van der Waals surface area (Å²) in [6.45, 7) is 18.0. The zero-order chi connectivity index (χ0) is 26.3.